The number of nitrogens with two attached hydrogens (primary N) is 1. The summed E-state index contributed by atoms with van der Waals surface area (Å²) in [5.74, 6) is -6.09. The van der Waals surface area contributed by atoms with Crippen LogP contribution in [-0.2, 0) is 32.7 Å². The van der Waals surface area contributed by atoms with Crippen molar-refractivity contribution < 1.29 is 73.3 Å². The van der Waals surface area contributed by atoms with Crippen LogP contribution in [0.2, 0.25) is 0 Å². The number of nitrogen functional groups attached to an aromatic ring is 1. The first-order chi connectivity index (χ1) is 19.4. The van der Waals surface area contributed by atoms with E-state index in [4.69, 9.17) is 24.3 Å². The van der Waals surface area contributed by atoms with Crippen molar-refractivity contribution in [3.05, 3.63) is 22.7 Å². The highest BCUT2D eigenvalue weighted by atomic mass is 31.2. The number of aliphatic hydroxyl groups excluding tert-OH is 5. The molecule has 1 aromatic rings. The van der Waals surface area contributed by atoms with Crippen molar-refractivity contribution >= 4 is 25.5 Å². The Labute approximate surface area is 236 Å². The number of ether oxygens (including phenoxy) is 2. The third-order valence-corrected chi connectivity index (χ3v) is 7.57. The normalized spacial score (nSPS) is 34.3. The van der Waals surface area contributed by atoms with E-state index >= 15 is 0 Å². The molecule has 0 aliphatic carbocycles. The molecule has 20 nitrogen and oxygen atoms in total. The van der Waals surface area contributed by atoms with Crippen LogP contribution in [-0.4, -0.2) is 130 Å². The summed E-state index contributed by atoms with van der Waals surface area (Å²) >= 11 is 0. The van der Waals surface area contributed by atoms with Crippen LogP contribution in [0.5, 0.6) is 0 Å². The predicted octanol–water partition coefficient (Wildman–Crippen LogP) is -4.88. The topological polar surface area (TPSA) is 323 Å². The summed E-state index contributed by atoms with van der Waals surface area (Å²) in [5, 5.41) is 73.4. The SMILES string of the molecule is CC(=O)NCC1(O)CC([C@H](O)[C@H](O)CO)OC(OP(=O)(O)OCC2OC(n3ccc(N)nc3=O)C(O)C2O)(C(=O)O)C1. The molecule has 2 saturated heterocycles. The standard InChI is InChI=1S/C21H33N4O16P/c1-9(27)23-8-20(35)4-11(14(29)10(28)5-26)40-21(7-20,18(32)33)41-42(36,37)38-6-12-15(30)16(31)17(39-12)25-3-2-13(22)24-19(25)34/h2-3,10-12,14-17,26,28-31,35H,4-8H2,1H3,(H,23,27)(H,32,33)(H,36,37)(H2,22,24,34)/t10-,11?,12?,14-,15?,16?,17?,20?,21?/m1/s1. The fraction of sp³-hybridized carbons (Fsp3) is 0.714. The smallest absolute Gasteiger partial charge is 0.475 e. The van der Waals surface area contributed by atoms with Crippen LogP contribution in [0, 0.1) is 0 Å². The van der Waals surface area contributed by atoms with Gasteiger partial charge < -0.3 is 61.2 Å². The van der Waals surface area contributed by atoms with Gasteiger partial charge in [0.2, 0.25) is 5.91 Å². The molecule has 1 aromatic heterocycles. The third-order valence-electron chi connectivity index (χ3n) is 6.57. The Kier molecular flexibility index (Phi) is 10.5. The number of aliphatic carboxylic acids is 1. The van der Waals surface area contributed by atoms with Gasteiger partial charge in [-0.05, 0) is 6.07 Å². The first-order valence-corrected chi connectivity index (χ1v) is 13.8. The summed E-state index contributed by atoms with van der Waals surface area (Å²) < 4.78 is 34.0. The van der Waals surface area contributed by atoms with E-state index in [1.54, 1.807) is 0 Å². The molecular weight excluding hydrogens is 595 g/mol. The first kappa shape index (κ1) is 33.9. The molecule has 0 bridgehead atoms. The Morgan fingerprint density at radius 1 is 1.33 bits per heavy atom. The minimum absolute atomic E-state index is 0.135. The van der Waals surface area contributed by atoms with Gasteiger partial charge in [-0.2, -0.15) is 4.98 Å². The Bertz CT molecular complexity index is 1250. The maximum Gasteiger partial charge on any atom is 0.475 e. The van der Waals surface area contributed by atoms with Gasteiger partial charge in [0.1, 0.15) is 36.3 Å². The summed E-state index contributed by atoms with van der Waals surface area (Å²) in [6, 6.07) is 1.20. The highest BCUT2D eigenvalue weighted by Gasteiger charge is 2.59. The van der Waals surface area contributed by atoms with E-state index in [9.17, 15) is 59.6 Å². The van der Waals surface area contributed by atoms with Gasteiger partial charge in [-0.1, -0.05) is 0 Å². The molecule has 3 rings (SSSR count). The maximum atomic E-state index is 12.9. The molecule has 21 heteroatoms. The molecule has 238 valence electrons. The molecule has 2 fully saturated rings. The summed E-state index contributed by atoms with van der Waals surface area (Å²) in [4.78, 5) is 49.7. The van der Waals surface area contributed by atoms with E-state index in [0.717, 1.165) is 17.7 Å². The van der Waals surface area contributed by atoms with Gasteiger partial charge >= 0.3 is 19.5 Å². The van der Waals surface area contributed by atoms with Crippen LogP contribution in [0.3, 0.4) is 0 Å². The van der Waals surface area contributed by atoms with Gasteiger partial charge in [-0.15, -0.1) is 0 Å². The lowest BCUT2D eigenvalue weighted by Gasteiger charge is -2.47. The Hall–Kier alpha value is -2.59. The number of rotatable bonds is 12. The van der Waals surface area contributed by atoms with E-state index in [0.29, 0.717) is 0 Å². The van der Waals surface area contributed by atoms with Gasteiger partial charge in [0.25, 0.3) is 5.79 Å². The van der Waals surface area contributed by atoms with E-state index in [2.05, 4.69) is 10.3 Å². The van der Waals surface area contributed by atoms with Crippen molar-refractivity contribution in [2.24, 2.45) is 0 Å². The minimum Gasteiger partial charge on any atom is -0.477 e. The molecule has 0 spiro atoms. The van der Waals surface area contributed by atoms with Gasteiger partial charge in [0.05, 0.1) is 24.9 Å². The van der Waals surface area contributed by atoms with Crippen LogP contribution in [0.1, 0.15) is 26.0 Å². The number of carboxylic acids is 1. The highest BCUT2D eigenvalue weighted by molar-refractivity contribution is 7.47. The molecule has 0 aromatic carbocycles. The second-order valence-electron chi connectivity index (χ2n) is 9.91. The average molecular weight is 628 g/mol. The second-order valence-corrected chi connectivity index (χ2v) is 11.3. The Balaban J connectivity index is 1.81. The summed E-state index contributed by atoms with van der Waals surface area (Å²) in [7, 11) is -5.54. The van der Waals surface area contributed by atoms with Gasteiger partial charge in [-0.25, -0.2) is 18.7 Å². The van der Waals surface area contributed by atoms with Crippen molar-refractivity contribution in [1.29, 1.82) is 0 Å². The monoisotopic (exact) mass is 628 g/mol. The molecule has 0 saturated carbocycles. The number of aliphatic hydroxyl groups is 6. The highest BCUT2D eigenvalue weighted by Crippen LogP contribution is 2.52. The molecule has 11 N–H and O–H groups in total. The molecule has 42 heavy (non-hydrogen) atoms. The van der Waals surface area contributed by atoms with Crippen LogP contribution >= 0.6 is 7.82 Å². The number of carbonyl (C=O) groups excluding carboxylic acids is 1. The van der Waals surface area contributed by atoms with Crippen molar-refractivity contribution in [2.45, 2.75) is 74.0 Å². The number of nitrogens with one attached hydrogen (secondary N) is 1. The molecule has 10 atom stereocenters. The van der Waals surface area contributed by atoms with Crippen LogP contribution in [0.25, 0.3) is 0 Å². The number of nitrogens with zero attached hydrogens (tertiary/aromatic N) is 2. The van der Waals surface area contributed by atoms with E-state index in [-0.39, 0.29) is 5.82 Å². The number of carbonyl (C=O) groups is 2. The van der Waals surface area contributed by atoms with E-state index in [1.165, 1.54) is 6.07 Å². The maximum absolute atomic E-state index is 12.9. The Morgan fingerprint density at radius 3 is 2.57 bits per heavy atom. The lowest BCUT2D eigenvalue weighted by molar-refractivity contribution is -0.297. The largest absolute Gasteiger partial charge is 0.477 e. The minimum atomic E-state index is -5.54. The van der Waals surface area contributed by atoms with Crippen molar-refractivity contribution in [3.63, 3.8) is 0 Å². The summed E-state index contributed by atoms with van der Waals surface area (Å²) in [6.45, 7) is -1.58. The zero-order valence-electron chi connectivity index (χ0n) is 22.0. The molecule has 1 amide bonds. The van der Waals surface area contributed by atoms with Crippen LogP contribution in [0.15, 0.2) is 17.1 Å². The molecule has 0 radical (unpaired) electrons. The molecule has 2 aliphatic rings. The quantitative estimate of drug-likeness (QED) is 0.0970. The molecule has 3 heterocycles. The predicted molar refractivity (Wildman–Crippen MR) is 133 cm³/mol. The fourth-order valence-corrected chi connectivity index (χ4v) is 5.44. The van der Waals surface area contributed by atoms with Gasteiger partial charge in [0.15, 0.2) is 6.23 Å². The number of hydrogen-bond donors (Lipinski definition) is 10. The lowest BCUT2D eigenvalue weighted by atomic mass is 9.82. The number of amides is 1. The van der Waals surface area contributed by atoms with Crippen molar-refractivity contribution in [1.82, 2.24) is 14.9 Å². The fourth-order valence-electron chi connectivity index (χ4n) is 4.49. The first-order valence-electron chi connectivity index (χ1n) is 12.3. The number of carboxylic acid groups (broad SMARTS) is 1. The number of anilines is 1. The second kappa shape index (κ2) is 13.0. The van der Waals surface area contributed by atoms with E-state index < -0.39 is 112 Å². The van der Waals surface area contributed by atoms with Crippen LogP contribution in [0.4, 0.5) is 5.82 Å². The molecular formula is C21H33N4O16P. The van der Waals surface area contributed by atoms with Crippen LogP contribution < -0.4 is 16.7 Å². The number of phosphoric ester groups is 1. The van der Waals surface area contributed by atoms with Crippen molar-refractivity contribution in [2.75, 3.05) is 25.5 Å². The Morgan fingerprint density at radius 2 is 2.00 bits per heavy atom. The number of hydrogen-bond acceptors (Lipinski definition) is 16. The van der Waals surface area contributed by atoms with E-state index in [1.807, 2.05) is 0 Å². The molecule has 8 unspecified atom stereocenters. The van der Waals surface area contributed by atoms with Gasteiger partial charge in [-0.3, -0.25) is 13.9 Å². The molecule has 2 aliphatic heterocycles. The summed E-state index contributed by atoms with van der Waals surface area (Å²) in [5.41, 5.74) is 2.21. The lowest BCUT2D eigenvalue weighted by Crippen LogP contribution is -2.63. The van der Waals surface area contributed by atoms with Crippen molar-refractivity contribution in [3.8, 4) is 0 Å². The number of aromatic nitrogens is 2. The zero-order valence-corrected chi connectivity index (χ0v) is 22.9. The summed E-state index contributed by atoms with van der Waals surface area (Å²) in [6.07, 6.45) is -13.0. The van der Waals surface area contributed by atoms with Gasteiger partial charge in [0, 0.05) is 32.5 Å². The third kappa shape index (κ3) is 7.67. The zero-order chi connectivity index (χ0) is 31.6. The number of phosphoric acid groups is 1. The average Bonchev–Trinajstić information content (AvgIpc) is 3.18.